The average Bonchev–Trinajstić information content (AvgIpc) is 2.53. The number of nitrogens with one attached hydrogen (secondary N) is 1. The molecular formula is C13H17N5O2. The van der Waals surface area contributed by atoms with Crippen molar-refractivity contribution in [3.05, 3.63) is 22.9 Å². The van der Waals surface area contributed by atoms with Gasteiger partial charge in [0.15, 0.2) is 0 Å². The zero-order chi connectivity index (χ0) is 14.5. The maximum atomic E-state index is 9.16. The molecule has 1 fully saturated rings. The van der Waals surface area contributed by atoms with Gasteiger partial charge in [0.25, 0.3) is 0 Å². The highest BCUT2D eigenvalue weighted by molar-refractivity contribution is 5.97. The molecule has 0 aromatic carbocycles. The second kappa shape index (κ2) is 6.32. The first kappa shape index (κ1) is 14.2. The van der Waals surface area contributed by atoms with Crippen LogP contribution < -0.4 is 10.8 Å². The number of aromatic nitrogens is 1. The number of ether oxygens (including phenoxy) is 1. The maximum absolute atomic E-state index is 9.16. The number of aryl methyl sites for hydroxylation is 1. The molecule has 0 saturated carbocycles. The summed E-state index contributed by atoms with van der Waals surface area (Å²) in [7, 11) is 0. The van der Waals surface area contributed by atoms with Crippen molar-refractivity contribution in [3.63, 3.8) is 0 Å². The molecule has 0 aliphatic carbocycles. The topological polar surface area (TPSA) is 108 Å². The van der Waals surface area contributed by atoms with E-state index in [2.05, 4.69) is 15.9 Å². The van der Waals surface area contributed by atoms with Gasteiger partial charge in [-0.15, -0.1) is 0 Å². The number of rotatable bonds is 3. The smallest absolute Gasteiger partial charge is 0.241 e. The number of hydrogen-bond donors (Lipinski definition) is 2. The summed E-state index contributed by atoms with van der Waals surface area (Å²) in [5.41, 5.74) is 1.59. The number of hydrogen-bond acceptors (Lipinski definition) is 7. The molecule has 0 bridgehead atoms. The molecule has 1 aliphatic heterocycles. The van der Waals surface area contributed by atoms with Crippen LogP contribution in [-0.4, -0.2) is 37.2 Å². The zero-order valence-corrected chi connectivity index (χ0v) is 11.3. The third-order valence-corrected chi connectivity index (χ3v) is 3.21. The van der Waals surface area contributed by atoms with Gasteiger partial charge in [-0.1, -0.05) is 6.92 Å². The molecule has 0 spiro atoms. The van der Waals surface area contributed by atoms with E-state index in [1.165, 1.54) is 0 Å². The molecule has 2 rings (SSSR count). The number of nitrogens with two attached hydrogens (primary N) is 1. The molecule has 7 nitrogen and oxygen atoms in total. The minimum Gasteiger partial charge on any atom is -0.391 e. The molecule has 1 aliphatic rings. The predicted molar refractivity (Wildman–Crippen MR) is 73.5 cm³/mol. The Labute approximate surface area is 117 Å². The quantitative estimate of drug-likeness (QED) is 0.474. The summed E-state index contributed by atoms with van der Waals surface area (Å²) in [6.45, 7) is 4.54. The molecule has 1 aromatic rings. The van der Waals surface area contributed by atoms with E-state index in [0.717, 1.165) is 0 Å². The summed E-state index contributed by atoms with van der Waals surface area (Å²) in [6.07, 6.45) is 0.650. The lowest BCUT2D eigenvalue weighted by molar-refractivity contribution is 0.122. The van der Waals surface area contributed by atoms with Gasteiger partial charge in [0, 0.05) is 13.1 Å². The Kier molecular flexibility index (Phi) is 4.50. The van der Waals surface area contributed by atoms with Gasteiger partial charge in [-0.3, -0.25) is 5.41 Å². The lowest BCUT2D eigenvalue weighted by Gasteiger charge is -2.29. The Balaban J connectivity index is 2.51. The van der Waals surface area contributed by atoms with E-state index < -0.39 is 0 Å². The number of nitriles is 1. The first-order chi connectivity index (χ1) is 9.71. The molecule has 1 saturated heterocycles. The second-order valence-electron chi connectivity index (χ2n) is 4.37. The highest BCUT2D eigenvalue weighted by Gasteiger charge is 2.21. The molecule has 3 N–H and O–H groups in total. The van der Waals surface area contributed by atoms with Crippen molar-refractivity contribution in [2.45, 2.75) is 13.3 Å². The fourth-order valence-corrected chi connectivity index (χ4v) is 2.15. The van der Waals surface area contributed by atoms with Crippen LogP contribution in [0.15, 0.2) is 6.07 Å². The Morgan fingerprint density at radius 1 is 1.60 bits per heavy atom. The van der Waals surface area contributed by atoms with Gasteiger partial charge in [0.1, 0.15) is 11.9 Å². The number of morpholine rings is 1. The number of pyridine rings is 1. The highest BCUT2D eigenvalue weighted by atomic mass is 16.6. The summed E-state index contributed by atoms with van der Waals surface area (Å²) in [5.74, 6) is 5.51. The summed E-state index contributed by atoms with van der Waals surface area (Å²) in [6, 6.07) is 3.71. The van der Waals surface area contributed by atoms with Crippen molar-refractivity contribution < 1.29 is 9.57 Å². The van der Waals surface area contributed by atoms with Gasteiger partial charge >= 0.3 is 0 Å². The Hall–Kier alpha value is -2.17. The van der Waals surface area contributed by atoms with Crippen LogP contribution in [0.1, 0.15) is 23.7 Å². The summed E-state index contributed by atoms with van der Waals surface area (Å²) in [4.78, 5) is 11.1. The second-order valence-corrected chi connectivity index (χ2v) is 4.37. The first-order valence-corrected chi connectivity index (χ1v) is 6.43. The predicted octanol–water partition coefficient (Wildman–Crippen LogP) is 0.568. The van der Waals surface area contributed by atoms with Crippen molar-refractivity contribution >= 4 is 11.7 Å². The first-order valence-electron chi connectivity index (χ1n) is 6.43. The van der Waals surface area contributed by atoms with Crippen LogP contribution in [0, 0.1) is 16.7 Å². The van der Waals surface area contributed by atoms with Crippen molar-refractivity contribution in [1.82, 2.24) is 4.98 Å². The van der Waals surface area contributed by atoms with Gasteiger partial charge in [0.05, 0.1) is 30.0 Å². The molecule has 0 atom stereocenters. The van der Waals surface area contributed by atoms with Crippen molar-refractivity contribution in [3.8, 4) is 6.07 Å². The van der Waals surface area contributed by atoms with E-state index in [9.17, 15) is 0 Å². The molecule has 1 aromatic heterocycles. The van der Waals surface area contributed by atoms with Crippen molar-refractivity contribution in [2.75, 3.05) is 31.2 Å². The van der Waals surface area contributed by atoms with E-state index in [1.54, 1.807) is 6.07 Å². The molecule has 106 valence electrons. The molecular weight excluding hydrogens is 258 g/mol. The van der Waals surface area contributed by atoms with Gasteiger partial charge in [-0.2, -0.15) is 11.2 Å². The Morgan fingerprint density at radius 2 is 2.30 bits per heavy atom. The van der Waals surface area contributed by atoms with E-state index in [1.807, 2.05) is 11.8 Å². The summed E-state index contributed by atoms with van der Waals surface area (Å²) < 4.78 is 5.32. The van der Waals surface area contributed by atoms with Crippen molar-refractivity contribution in [2.24, 2.45) is 5.90 Å². The van der Waals surface area contributed by atoms with Crippen molar-refractivity contribution in [1.29, 1.82) is 10.7 Å². The normalized spacial score (nSPS) is 14.8. The fraction of sp³-hybridized carbons (Fsp3) is 0.462. The SMILES string of the molecule is CCc1nc(N2CCOCC2)c(C(=N)ON)cc1C#N. The van der Waals surface area contributed by atoms with Crippen LogP contribution in [0.2, 0.25) is 0 Å². The van der Waals surface area contributed by atoms with Crippen LogP contribution in [-0.2, 0) is 16.0 Å². The standard InChI is InChI=1S/C13H17N5O2/c1-2-11-9(8-14)7-10(12(15)20-16)13(17-11)18-3-5-19-6-4-18/h7,15H,2-6,16H2,1H3. The van der Waals surface area contributed by atoms with E-state index in [4.69, 9.17) is 21.3 Å². The van der Waals surface area contributed by atoms with Crippen LogP contribution >= 0.6 is 0 Å². The van der Waals surface area contributed by atoms with Gasteiger partial charge in [-0.05, 0) is 12.5 Å². The van der Waals surface area contributed by atoms with Gasteiger partial charge in [-0.25, -0.2) is 4.98 Å². The summed E-state index contributed by atoms with van der Waals surface area (Å²) >= 11 is 0. The molecule has 0 radical (unpaired) electrons. The highest BCUT2D eigenvalue weighted by Crippen LogP contribution is 2.23. The summed E-state index contributed by atoms with van der Waals surface area (Å²) in [5, 5.41) is 16.9. The lowest BCUT2D eigenvalue weighted by Crippen LogP contribution is -2.38. The monoisotopic (exact) mass is 275 g/mol. The van der Waals surface area contributed by atoms with Crippen LogP contribution in [0.5, 0.6) is 0 Å². The Bertz CT molecular complexity index is 546. The maximum Gasteiger partial charge on any atom is 0.241 e. The van der Waals surface area contributed by atoms with Crippen LogP contribution in [0.4, 0.5) is 5.82 Å². The molecule has 0 amide bonds. The number of nitrogens with zero attached hydrogens (tertiary/aromatic N) is 3. The number of anilines is 1. The average molecular weight is 275 g/mol. The Morgan fingerprint density at radius 3 is 2.85 bits per heavy atom. The van der Waals surface area contributed by atoms with E-state index in [0.29, 0.717) is 55.4 Å². The van der Waals surface area contributed by atoms with Gasteiger partial charge < -0.3 is 14.5 Å². The van der Waals surface area contributed by atoms with Gasteiger partial charge in [0.2, 0.25) is 5.90 Å². The van der Waals surface area contributed by atoms with E-state index >= 15 is 0 Å². The lowest BCUT2D eigenvalue weighted by atomic mass is 10.1. The third kappa shape index (κ3) is 2.71. The minimum atomic E-state index is -0.196. The molecule has 7 heteroatoms. The molecule has 0 unspecified atom stereocenters. The molecule has 2 heterocycles. The van der Waals surface area contributed by atoms with Crippen LogP contribution in [0.25, 0.3) is 0 Å². The minimum absolute atomic E-state index is 0.196. The zero-order valence-electron chi connectivity index (χ0n) is 11.3. The fourth-order valence-electron chi connectivity index (χ4n) is 2.15. The third-order valence-electron chi connectivity index (χ3n) is 3.21. The van der Waals surface area contributed by atoms with E-state index in [-0.39, 0.29) is 5.90 Å². The largest absolute Gasteiger partial charge is 0.391 e. The van der Waals surface area contributed by atoms with Crippen LogP contribution in [0.3, 0.4) is 0 Å². The molecule has 20 heavy (non-hydrogen) atoms.